The molecule has 2 aliphatic rings. The first-order valence-electron chi connectivity index (χ1n) is 11.9. The van der Waals surface area contributed by atoms with Gasteiger partial charge in [-0.25, -0.2) is 4.68 Å². The van der Waals surface area contributed by atoms with Crippen molar-refractivity contribution < 1.29 is 31.1 Å². The third-order valence-corrected chi connectivity index (χ3v) is 7.39. The summed E-state index contributed by atoms with van der Waals surface area (Å²) in [5.41, 5.74) is -2.31. The highest BCUT2D eigenvalue weighted by Gasteiger charge is 2.55. The molecule has 4 unspecified atom stereocenters. The third-order valence-electron chi connectivity index (χ3n) is 7.39. The van der Waals surface area contributed by atoms with Crippen molar-refractivity contribution >= 4 is 12.4 Å². The summed E-state index contributed by atoms with van der Waals surface area (Å²) in [6, 6.07) is 11.5. The van der Waals surface area contributed by atoms with Gasteiger partial charge in [0.1, 0.15) is 0 Å². The minimum absolute atomic E-state index is 0. The van der Waals surface area contributed by atoms with E-state index in [2.05, 4.69) is 20.8 Å². The van der Waals surface area contributed by atoms with Crippen molar-refractivity contribution in [1.82, 2.24) is 25.5 Å². The van der Waals surface area contributed by atoms with Crippen LogP contribution < -0.4 is 5.32 Å². The van der Waals surface area contributed by atoms with Gasteiger partial charge in [-0.15, -0.1) is 17.5 Å². The molecule has 38 heavy (non-hydrogen) atoms. The minimum Gasteiger partial charge on any atom is -0.376 e. The van der Waals surface area contributed by atoms with Crippen molar-refractivity contribution in [3.63, 3.8) is 0 Å². The highest BCUT2D eigenvalue weighted by Crippen LogP contribution is 2.50. The Morgan fingerprint density at radius 2 is 1.66 bits per heavy atom. The summed E-state index contributed by atoms with van der Waals surface area (Å²) in [6.07, 6.45) is -8.13. The molecular formula is C25H26ClF6N5O. The van der Waals surface area contributed by atoms with Gasteiger partial charge in [0.2, 0.25) is 0 Å². The van der Waals surface area contributed by atoms with Gasteiger partial charge in [0.05, 0.1) is 29.4 Å². The molecule has 2 bridgehead atoms. The fourth-order valence-corrected chi connectivity index (χ4v) is 5.71. The Bertz CT molecular complexity index is 1220. The Morgan fingerprint density at radius 1 is 1.00 bits per heavy atom. The molecule has 3 aromatic rings. The SMILES string of the molecule is Cl.Cn1nnnc1C1CC2(c3ccccc3)NC1CCC2OCCc1cc(C(F)(F)F)cc(C(F)(F)F)c1. The van der Waals surface area contributed by atoms with Crippen molar-refractivity contribution in [3.8, 4) is 0 Å². The van der Waals surface area contributed by atoms with Gasteiger partial charge in [-0.3, -0.25) is 0 Å². The number of nitrogens with one attached hydrogen (secondary N) is 1. The first-order valence-corrected chi connectivity index (χ1v) is 11.9. The number of fused-ring (bicyclic) bond motifs is 2. The molecule has 2 aliphatic heterocycles. The van der Waals surface area contributed by atoms with Gasteiger partial charge < -0.3 is 10.1 Å². The van der Waals surface area contributed by atoms with Gasteiger partial charge in [0.15, 0.2) is 5.82 Å². The van der Waals surface area contributed by atoms with Crippen LogP contribution in [0.3, 0.4) is 0 Å². The van der Waals surface area contributed by atoms with Crippen molar-refractivity contribution in [2.75, 3.05) is 6.61 Å². The van der Waals surface area contributed by atoms with Crippen LogP contribution >= 0.6 is 12.4 Å². The lowest BCUT2D eigenvalue weighted by Gasteiger charge is -2.42. The quantitative estimate of drug-likeness (QED) is 0.407. The Hall–Kier alpha value is -2.70. The van der Waals surface area contributed by atoms with Gasteiger partial charge in [-0.1, -0.05) is 30.3 Å². The molecule has 2 fully saturated rings. The van der Waals surface area contributed by atoms with Crippen LogP contribution in [0.5, 0.6) is 0 Å². The average Bonchev–Trinajstić information content (AvgIpc) is 3.41. The van der Waals surface area contributed by atoms with Crippen molar-refractivity contribution in [2.24, 2.45) is 7.05 Å². The van der Waals surface area contributed by atoms with E-state index in [1.165, 1.54) is 0 Å². The van der Waals surface area contributed by atoms with E-state index in [-0.39, 0.29) is 55.1 Å². The fourth-order valence-electron chi connectivity index (χ4n) is 5.71. The van der Waals surface area contributed by atoms with Gasteiger partial charge in [0.25, 0.3) is 0 Å². The molecule has 0 saturated carbocycles. The number of alkyl halides is 6. The number of ether oxygens (including phenoxy) is 1. The summed E-state index contributed by atoms with van der Waals surface area (Å²) in [6.45, 7) is -0.0274. The molecule has 13 heteroatoms. The molecule has 0 amide bonds. The predicted octanol–water partition coefficient (Wildman–Crippen LogP) is 5.43. The van der Waals surface area contributed by atoms with Crippen LogP contribution in [-0.4, -0.2) is 39.0 Å². The van der Waals surface area contributed by atoms with Gasteiger partial charge in [-0.05, 0) is 65.4 Å². The van der Waals surface area contributed by atoms with Crippen LogP contribution in [0.4, 0.5) is 26.3 Å². The summed E-state index contributed by atoms with van der Waals surface area (Å²) in [4.78, 5) is 0. The molecule has 1 N–H and O–H groups in total. The Kier molecular flexibility index (Phi) is 7.79. The zero-order chi connectivity index (χ0) is 26.4. The topological polar surface area (TPSA) is 64.9 Å². The second-order valence-electron chi connectivity index (χ2n) is 9.66. The van der Waals surface area contributed by atoms with Gasteiger partial charge in [-0.2, -0.15) is 26.3 Å². The number of nitrogens with zero attached hydrogens (tertiary/aromatic N) is 4. The van der Waals surface area contributed by atoms with Crippen LogP contribution in [0.25, 0.3) is 0 Å². The molecule has 0 radical (unpaired) electrons. The second-order valence-corrected chi connectivity index (χ2v) is 9.66. The minimum atomic E-state index is -4.88. The van der Waals surface area contributed by atoms with Gasteiger partial charge in [0, 0.05) is 19.0 Å². The molecular weight excluding hydrogens is 536 g/mol. The molecule has 2 saturated heterocycles. The maximum atomic E-state index is 13.2. The maximum Gasteiger partial charge on any atom is 0.416 e. The highest BCUT2D eigenvalue weighted by atomic mass is 35.5. The Morgan fingerprint density at radius 3 is 2.24 bits per heavy atom. The molecule has 4 atom stereocenters. The van der Waals surface area contributed by atoms with Crippen LogP contribution in [0.15, 0.2) is 48.5 Å². The molecule has 206 valence electrons. The number of aromatic nitrogens is 4. The summed E-state index contributed by atoms with van der Waals surface area (Å²) < 4.78 is 87.4. The number of hydrogen-bond acceptors (Lipinski definition) is 5. The van der Waals surface area contributed by atoms with Crippen molar-refractivity contribution in [2.45, 2.75) is 61.6 Å². The number of aryl methyl sites for hydroxylation is 1. The molecule has 5 rings (SSSR count). The van der Waals surface area contributed by atoms with E-state index in [4.69, 9.17) is 4.74 Å². The molecule has 2 aromatic carbocycles. The second kappa shape index (κ2) is 10.5. The van der Waals surface area contributed by atoms with Gasteiger partial charge >= 0.3 is 12.4 Å². The summed E-state index contributed by atoms with van der Waals surface area (Å²) in [5, 5.41) is 15.6. The number of hydrogen-bond donors (Lipinski definition) is 1. The van der Waals surface area contributed by atoms with Crippen LogP contribution in [0, 0.1) is 0 Å². The standard InChI is InChI=1S/C25H25F6N5O.ClH/c1-36-22(33-34-35-36)19-14-23(16-5-3-2-4-6-16)21(8-7-20(19)32-23)37-10-9-15-11-17(24(26,27)28)13-18(12-15)25(29,30)31;/h2-6,11-13,19-21,32H,7-10,14H2,1H3;1H. The lowest BCUT2D eigenvalue weighted by atomic mass is 9.80. The number of rotatable bonds is 6. The lowest BCUT2D eigenvalue weighted by Crippen LogP contribution is -2.54. The third kappa shape index (κ3) is 5.39. The van der Waals surface area contributed by atoms with E-state index >= 15 is 0 Å². The predicted molar refractivity (Wildman–Crippen MR) is 128 cm³/mol. The van der Waals surface area contributed by atoms with Crippen molar-refractivity contribution in [1.29, 1.82) is 0 Å². The number of piperidine rings is 1. The van der Waals surface area contributed by atoms with E-state index in [9.17, 15) is 26.3 Å². The van der Waals surface area contributed by atoms with E-state index in [1.807, 2.05) is 30.3 Å². The summed E-state index contributed by atoms with van der Waals surface area (Å²) in [5.74, 6) is 0.770. The highest BCUT2D eigenvalue weighted by molar-refractivity contribution is 5.85. The zero-order valence-corrected chi connectivity index (χ0v) is 21.1. The zero-order valence-electron chi connectivity index (χ0n) is 20.3. The number of benzene rings is 2. The monoisotopic (exact) mass is 561 g/mol. The number of tetrazole rings is 1. The smallest absolute Gasteiger partial charge is 0.376 e. The Labute approximate surface area is 221 Å². The number of halogens is 7. The first-order chi connectivity index (χ1) is 17.5. The van der Waals surface area contributed by atoms with E-state index in [0.29, 0.717) is 12.8 Å². The normalized spacial score (nSPS) is 25.3. The van der Waals surface area contributed by atoms with Crippen LogP contribution in [-0.2, 0) is 36.1 Å². The van der Waals surface area contributed by atoms with E-state index in [0.717, 1.165) is 29.9 Å². The van der Waals surface area contributed by atoms with E-state index < -0.39 is 29.0 Å². The van der Waals surface area contributed by atoms with E-state index in [1.54, 1.807) is 11.7 Å². The summed E-state index contributed by atoms with van der Waals surface area (Å²) >= 11 is 0. The molecule has 3 heterocycles. The summed E-state index contributed by atoms with van der Waals surface area (Å²) in [7, 11) is 1.78. The molecule has 0 aliphatic carbocycles. The van der Waals surface area contributed by atoms with Crippen molar-refractivity contribution in [3.05, 3.63) is 76.6 Å². The molecule has 1 aromatic heterocycles. The van der Waals surface area contributed by atoms with Crippen LogP contribution in [0.2, 0.25) is 0 Å². The lowest BCUT2D eigenvalue weighted by molar-refractivity contribution is -0.143. The maximum absolute atomic E-state index is 13.2. The molecule has 6 nitrogen and oxygen atoms in total. The average molecular weight is 562 g/mol. The fraction of sp³-hybridized carbons (Fsp3) is 0.480. The van der Waals surface area contributed by atoms with Crippen LogP contribution in [0.1, 0.15) is 53.3 Å². The largest absolute Gasteiger partial charge is 0.416 e. The Balaban J connectivity index is 0.00000336. The first kappa shape index (κ1) is 28.3. The molecule has 0 spiro atoms.